The van der Waals surface area contributed by atoms with E-state index in [9.17, 15) is 13.9 Å². The Hall–Kier alpha value is -1.09. The molecule has 2 fully saturated rings. The molecular formula is C14H22F2N4O2. The zero-order chi connectivity index (χ0) is 15.7. The summed E-state index contributed by atoms with van der Waals surface area (Å²) in [5, 5.41) is 13.5. The Morgan fingerprint density at radius 1 is 1.55 bits per heavy atom. The van der Waals surface area contributed by atoms with Crippen LogP contribution in [-0.2, 0) is 18.3 Å². The van der Waals surface area contributed by atoms with Crippen molar-refractivity contribution in [3.8, 4) is 0 Å². The largest absolute Gasteiger partial charge is 0.389 e. The number of imidazole rings is 1. The summed E-state index contributed by atoms with van der Waals surface area (Å²) in [5.41, 5.74) is 0. The fourth-order valence-electron chi connectivity index (χ4n) is 3.03. The van der Waals surface area contributed by atoms with Crippen molar-refractivity contribution in [1.29, 1.82) is 0 Å². The second-order valence-corrected chi connectivity index (χ2v) is 6.15. The lowest BCUT2D eigenvalue weighted by Crippen LogP contribution is -2.44. The number of aryl methyl sites for hydroxylation is 1. The average molecular weight is 316 g/mol. The van der Waals surface area contributed by atoms with Gasteiger partial charge in [0.2, 0.25) is 0 Å². The van der Waals surface area contributed by atoms with E-state index in [1.54, 1.807) is 11.1 Å². The van der Waals surface area contributed by atoms with Crippen LogP contribution in [0.5, 0.6) is 0 Å². The van der Waals surface area contributed by atoms with Crippen LogP contribution < -0.4 is 5.32 Å². The number of aromatic nitrogens is 2. The molecule has 2 saturated heterocycles. The van der Waals surface area contributed by atoms with Gasteiger partial charge in [0.1, 0.15) is 5.82 Å². The van der Waals surface area contributed by atoms with Crippen molar-refractivity contribution in [2.75, 3.05) is 26.2 Å². The Bertz CT molecular complexity index is 511. The molecule has 0 radical (unpaired) electrons. The number of aliphatic hydroxyl groups excluding tert-OH is 1. The predicted molar refractivity (Wildman–Crippen MR) is 75.6 cm³/mol. The summed E-state index contributed by atoms with van der Waals surface area (Å²) >= 11 is 0. The van der Waals surface area contributed by atoms with Gasteiger partial charge < -0.3 is 19.7 Å². The number of ether oxygens (including phenoxy) is 1. The Kier molecular flexibility index (Phi) is 4.44. The van der Waals surface area contributed by atoms with Crippen molar-refractivity contribution in [1.82, 2.24) is 19.8 Å². The van der Waals surface area contributed by atoms with E-state index >= 15 is 0 Å². The third-order valence-corrected chi connectivity index (χ3v) is 4.41. The second kappa shape index (κ2) is 6.19. The van der Waals surface area contributed by atoms with Gasteiger partial charge in [-0.3, -0.25) is 4.90 Å². The van der Waals surface area contributed by atoms with Crippen molar-refractivity contribution in [3.63, 3.8) is 0 Å². The first-order valence-electron chi connectivity index (χ1n) is 7.54. The van der Waals surface area contributed by atoms with Gasteiger partial charge in [-0.1, -0.05) is 0 Å². The molecule has 124 valence electrons. The lowest BCUT2D eigenvalue weighted by Gasteiger charge is -2.23. The number of hydrogen-bond donors (Lipinski definition) is 2. The highest BCUT2D eigenvalue weighted by Gasteiger charge is 2.42. The monoisotopic (exact) mass is 316 g/mol. The van der Waals surface area contributed by atoms with Crippen molar-refractivity contribution in [2.45, 2.75) is 37.1 Å². The van der Waals surface area contributed by atoms with Crippen LogP contribution in [0, 0.1) is 0 Å². The molecule has 3 rings (SSSR count). The standard InChI is InChI=1S/C14H22F2N4O2/c1-19-5-3-17-12(19)6-18-10-8-22-11(13(10)21)7-20-4-2-14(15,16)9-20/h3,5,10-11,13,18,21H,2,4,6-9H2,1H3/t10-,11-,13+/m0/s1. The first kappa shape index (κ1) is 15.8. The molecule has 8 heteroatoms. The van der Waals surface area contributed by atoms with Crippen LogP contribution in [0.4, 0.5) is 8.78 Å². The zero-order valence-electron chi connectivity index (χ0n) is 12.6. The number of rotatable bonds is 5. The normalized spacial score (nSPS) is 31.9. The first-order chi connectivity index (χ1) is 10.4. The maximum Gasteiger partial charge on any atom is 0.261 e. The van der Waals surface area contributed by atoms with Crippen LogP contribution >= 0.6 is 0 Å². The van der Waals surface area contributed by atoms with Crippen molar-refractivity contribution < 1.29 is 18.6 Å². The molecule has 0 bridgehead atoms. The van der Waals surface area contributed by atoms with E-state index in [-0.39, 0.29) is 19.0 Å². The summed E-state index contributed by atoms with van der Waals surface area (Å²) in [5.74, 6) is -1.74. The number of halogens is 2. The van der Waals surface area contributed by atoms with Crippen LogP contribution in [0.15, 0.2) is 12.4 Å². The molecule has 0 aromatic carbocycles. The summed E-state index contributed by atoms with van der Waals surface area (Å²) in [6, 6.07) is -0.204. The number of hydrogen-bond acceptors (Lipinski definition) is 5. The van der Waals surface area contributed by atoms with Crippen molar-refractivity contribution in [2.24, 2.45) is 7.05 Å². The minimum absolute atomic E-state index is 0.114. The number of nitrogens with zero attached hydrogens (tertiary/aromatic N) is 3. The lowest BCUT2D eigenvalue weighted by atomic mass is 10.1. The van der Waals surface area contributed by atoms with Crippen LogP contribution in [-0.4, -0.2) is 70.0 Å². The molecule has 0 amide bonds. The molecule has 2 aliphatic rings. The van der Waals surface area contributed by atoms with Crippen LogP contribution in [0.1, 0.15) is 12.2 Å². The maximum atomic E-state index is 13.2. The molecule has 2 N–H and O–H groups in total. The molecule has 3 atom stereocenters. The van der Waals surface area contributed by atoms with Gasteiger partial charge in [0.05, 0.1) is 37.9 Å². The van der Waals surface area contributed by atoms with Gasteiger partial charge in [0.25, 0.3) is 5.92 Å². The predicted octanol–water partition coefficient (Wildman–Crippen LogP) is -0.0210. The zero-order valence-corrected chi connectivity index (χ0v) is 12.6. The molecular weight excluding hydrogens is 294 g/mol. The number of nitrogens with one attached hydrogen (secondary N) is 1. The van der Waals surface area contributed by atoms with Gasteiger partial charge in [-0.05, 0) is 0 Å². The van der Waals surface area contributed by atoms with Gasteiger partial charge in [0, 0.05) is 39.0 Å². The molecule has 0 aliphatic carbocycles. The van der Waals surface area contributed by atoms with E-state index in [1.165, 1.54) is 0 Å². The topological polar surface area (TPSA) is 62.5 Å². The Morgan fingerprint density at radius 2 is 2.36 bits per heavy atom. The minimum atomic E-state index is -2.61. The summed E-state index contributed by atoms with van der Waals surface area (Å²) < 4.78 is 33.9. The molecule has 22 heavy (non-hydrogen) atoms. The minimum Gasteiger partial charge on any atom is -0.389 e. The summed E-state index contributed by atoms with van der Waals surface area (Å²) in [6.07, 6.45) is 2.34. The average Bonchev–Trinajstić information content (AvgIpc) is 3.11. The third-order valence-electron chi connectivity index (χ3n) is 4.41. The SMILES string of the molecule is Cn1ccnc1CN[C@H]1CO[C@@H](CN2CCC(F)(F)C2)[C@@H]1O. The molecule has 1 aromatic rings. The summed E-state index contributed by atoms with van der Waals surface area (Å²) in [7, 11) is 1.90. The fourth-order valence-corrected chi connectivity index (χ4v) is 3.03. The lowest BCUT2D eigenvalue weighted by molar-refractivity contribution is -0.00740. The van der Waals surface area contributed by atoms with E-state index in [4.69, 9.17) is 4.74 Å². The fraction of sp³-hybridized carbons (Fsp3) is 0.786. The highest BCUT2D eigenvalue weighted by molar-refractivity contribution is 4.95. The molecule has 2 aliphatic heterocycles. The highest BCUT2D eigenvalue weighted by Crippen LogP contribution is 2.28. The second-order valence-electron chi connectivity index (χ2n) is 6.15. The molecule has 6 nitrogen and oxygen atoms in total. The number of aliphatic hydroxyl groups is 1. The van der Waals surface area contributed by atoms with Crippen LogP contribution in [0.25, 0.3) is 0 Å². The number of alkyl halides is 2. The maximum absolute atomic E-state index is 13.2. The third kappa shape index (κ3) is 3.45. The molecule has 3 heterocycles. The molecule has 0 saturated carbocycles. The van der Waals surface area contributed by atoms with E-state index in [0.29, 0.717) is 26.2 Å². The Morgan fingerprint density at radius 3 is 3.00 bits per heavy atom. The summed E-state index contributed by atoms with van der Waals surface area (Å²) in [4.78, 5) is 5.87. The van der Waals surface area contributed by atoms with E-state index < -0.39 is 18.1 Å². The molecule has 0 unspecified atom stereocenters. The van der Waals surface area contributed by atoms with Gasteiger partial charge in [-0.2, -0.15) is 0 Å². The Labute approximate surface area is 128 Å². The van der Waals surface area contributed by atoms with Crippen molar-refractivity contribution >= 4 is 0 Å². The molecule has 0 spiro atoms. The summed E-state index contributed by atoms with van der Waals surface area (Å²) in [6.45, 7) is 1.36. The van der Waals surface area contributed by atoms with Crippen LogP contribution in [0.2, 0.25) is 0 Å². The quantitative estimate of drug-likeness (QED) is 0.799. The van der Waals surface area contributed by atoms with Gasteiger partial charge >= 0.3 is 0 Å². The van der Waals surface area contributed by atoms with E-state index in [2.05, 4.69) is 10.3 Å². The van der Waals surface area contributed by atoms with Gasteiger partial charge in [-0.25, -0.2) is 13.8 Å². The Balaban J connectivity index is 1.48. The number of likely N-dealkylation sites (tertiary alicyclic amines) is 1. The van der Waals surface area contributed by atoms with E-state index in [0.717, 1.165) is 5.82 Å². The molecule has 1 aromatic heterocycles. The van der Waals surface area contributed by atoms with E-state index in [1.807, 2.05) is 17.8 Å². The first-order valence-corrected chi connectivity index (χ1v) is 7.54. The van der Waals surface area contributed by atoms with Crippen molar-refractivity contribution in [3.05, 3.63) is 18.2 Å². The smallest absolute Gasteiger partial charge is 0.261 e. The highest BCUT2D eigenvalue weighted by atomic mass is 19.3. The van der Waals surface area contributed by atoms with Crippen LogP contribution in [0.3, 0.4) is 0 Å². The van der Waals surface area contributed by atoms with Gasteiger partial charge in [0.15, 0.2) is 0 Å². The van der Waals surface area contributed by atoms with Gasteiger partial charge in [-0.15, -0.1) is 0 Å².